The zero-order valence-corrected chi connectivity index (χ0v) is 14.7. The third kappa shape index (κ3) is 2.66. The maximum absolute atomic E-state index is 13.0. The van der Waals surface area contributed by atoms with Crippen molar-refractivity contribution in [3.05, 3.63) is 41.0 Å². The topological polar surface area (TPSA) is 68.8 Å². The molecule has 3 rings (SSSR count). The van der Waals surface area contributed by atoms with Gasteiger partial charge < -0.3 is 4.90 Å². The maximum Gasteiger partial charge on any atom is 0.254 e. The van der Waals surface area contributed by atoms with Gasteiger partial charge in [0.15, 0.2) is 5.65 Å². The Bertz CT molecular complexity index is 907. The van der Waals surface area contributed by atoms with Gasteiger partial charge in [0.1, 0.15) is 0 Å². The van der Waals surface area contributed by atoms with Crippen molar-refractivity contribution in [1.82, 2.24) is 29.4 Å². The summed E-state index contributed by atoms with van der Waals surface area (Å²) in [6.07, 6.45) is 1.76. The Morgan fingerprint density at radius 2 is 2.08 bits per heavy atom. The molecule has 0 aromatic carbocycles. The Kier molecular flexibility index (Phi) is 4.09. The number of hydrogen-bond donors (Lipinski definition) is 0. The van der Waals surface area contributed by atoms with E-state index in [4.69, 9.17) is 0 Å². The lowest BCUT2D eigenvalue weighted by molar-refractivity contribution is 0.0783. The molecule has 3 heterocycles. The van der Waals surface area contributed by atoms with E-state index in [0.717, 1.165) is 34.7 Å². The summed E-state index contributed by atoms with van der Waals surface area (Å²) in [5, 5.41) is 9.49. The molecule has 1 amide bonds. The quantitative estimate of drug-likeness (QED) is 0.736. The first-order valence-electron chi connectivity index (χ1n) is 7.99. The molecule has 3 aromatic heterocycles. The standard InChI is InChI=1S/C17H22N6O/c1-6-23-13(7-8-18-23)10-21(4)17(24)14-9-11(2)19-16-15(14)12(3)20-22(16)5/h7-9H,6,10H2,1-5H3. The molecule has 0 bridgehead atoms. The van der Waals surface area contributed by atoms with Crippen LogP contribution in [-0.4, -0.2) is 42.4 Å². The molecule has 0 aliphatic heterocycles. The van der Waals surface area contributed by atoms with Gasteiger partial charge in [-0.25, -0.2) is 4.98 Å². The predicted octanol–water partition coefficient (Wildman–Crippen LogP) is 2.07. The van der Waals surface area contributed by atoms with E-state index >= 15 is 0 Å². The molecule has 0 saturated carbocycles. The molecule has 0 saturated heterocycles. The van der Waals surface area contributed by atoms with Gasteiger partial charge in [-0.2, -0.15) is 10.2 Å². The Labute approximate surface area is 140 Å². The minimum Gasteiger partial charge on any atom is -0.336 e. The van der Waals surface area contributed by atoms with E-state index in [1.54, 1.807) is 15.8 Å². The van der Waals surface area contributed by atoms with E-state index in [0.29, 0.717) is 12.1 Å². The second-order valence-corrected chi connectivity index (χ2v) is 6.02. The van der Waals surface area contributed by atoms with Crippen LogP contribution in [0.4, 0.5) is 0 Å². The lowest BCUT2D eigenvalue weighted by Gasteiger charge is -2.18. The van der Waals surface area contributed by atoms with Gasteiger partial charge in [0.2, 0.25) is 0 Å². The van der Waals surface area contributed by atoms with E-state index in [-0.39, 0.29) is 5.91 Å². The molecule has 24 heavy (non-hydrogen) atoms. The maximum atomic E-state index is 13.0. The molecule has 0 unspecified atom stereocenters. The molecule has 3 aromatic rings. The highest BCUT2D eigenvalue weighted by Gasteiger charge is 2.21. The van der Waals surface area contributed by atoms with Crippen molar-refractivity contribution in [3.63, 3.8) is 0 Å². The summed E-state index contributed by atoms with van der Waals surface area (Å²) >= 11 is 0. The number of nitrogens with zero attached hydrogens (tertiary/aromatic N) is 6. The van der Waals surface area contributed by atoms with E-state index in [1.807, 2.05) is 51.7 Å². The molecule has 0 N–H and O–H groups in total. The number of pyridine rings is 1. The minimum absolute atomic E-state index is 0.0366. The molecule has 7 heteroatoms. The van der Waals surface area contributed by atoms with E-state index in [2.05, 4.69) is 15.2 Å². The molecular formula is C17H22N6O. The number of fused-ring (bicyclic) bond motifs is 1. The summed E-state index contributed by atoms with van der Waals surface area (Å²) in [5.74, 6) is -0.0366. The SMILES string of the molecule is CCn1nccc1CN(C)C(=O)c1cc(C)nc2c1c(C)nn2C. The van der Waals surface area contributed by atoms with Crippen molar-refractivity contribution in [2.45, 2.75) is 33.9 Å². The molecule has 0 atom stereocenters. The summed E-state index contributed by atoms with van der Waals surface area (Å²) in [4.78, 5) is 19.3. The van der Waals surface area contributed by atoms with Gasteiger partial charge in [-0.05, 0) is 32.9 Å². The summed E-state index contributed by atoms with van der Waals surface area (Å²) in [6.45, 7) is 7.12. The first-order valence-corrected chi connectivity index (χ1v) is 7.99. The summed E-state index contributed by atoms with van der Waals surface area (Å²) < 4.78 is 3.62. The monoisotopic (exact) mass is 326 g/mol. The molecule has 0 radical (unpaired) electrons. The van der Waals surface area contributed by atoms with Crippen LogP contribution in [0.2, 0.25) is 0 Å². The molecular weight excluding hydrogens is 304 g/mol. The fraction of sp³-hybridized carbons (Fsp3) is 0.412. The van der Waals surface area contributed by atoms with E-state index in [9.17, 15) is 4.79 Å². The lowest BCUT2D eigenvalue weighted by Crippen LogP contribution is -2.28. The molecule has 126 valence electrons. The highest BCUT2D eigenvalue weighted by Crippen LogP contribution is 2.23. The highest BCUT2D eigenvalue weighted by molar-refractivity contribution is 6.06. The van der Waals surface area contributed by atoms with Crippen molar-refractivity contribution < 1.29 is 4.79 Å². The van der Waals surface area contributed by atoms with Crippen molar-refractivity contribution in [2.24, 2.45) is 7.05 Å². The van der Waals surface area contributed by atoms with Gasteiger partial charge >= 0.3 is 0 Å². The number of carbonyl (C=O) groups is 1. The van der Waals surface area contributed by atoms with Gasteiger partial charge in [-0.15, -0.1) is 0 Å². The Hall–Kier alpha value is -2.70. The zero-order chi connectivity index (χ0) is 17.4. The van der Waals surface area contributed by atoms with E-state index < -0.39 is 0 Å². The van der Waals surface area contributed by atoms with Crippen LogP contribution >= 0.6 is 0 Å². The van der Waals surface area contributed by atoms with Crippen LogP contribution < -0.4 is 0 Å². The smallest absolute Gasteiger partial charge is 0.254 e. The van der Waals surface area contributed by atoms with Gasteiger partial charge in [0, 0.05) is 32.5 Å². The minimum atomic E-state index is -0.0366. The fourth-order valence-corrected chi connectivity index (χ4v) is 3.04. The number of rotatable bonds is 4. The van der Waals surface area contributed by atoms with Gasteiger partial charge in [-0.1, -0.05) is 0 Å². The zero-order valence-electron chi connectivity index (χ0n) is 14.7. The first kappa shape index (κ1) is 16.2. The Balaban J connectivity index is 1.99. The Morgan fingerprint density at radius 3 is 2.79 bits per heavy atom. The molecule has 0 fully saturated rings. The predicted molar refractivity (Wildman–Crippen MR) is 91.7 cm³/mol. The lowest BCUT2D eigenvalue weighted by atomic mass is 10.1. The first-order chi connectivity index (χ1) is 11.4. The van der Waals surface area contributed by atoms with Crippen molar-refractivity contribution in [2.75, 3.05) is 7.05 Å². The van der Waals surface area contributed by atoms with Gasteiger partial charge in [0.25, 0.3) is 5.91 Å². The largest absolute Gasteiger partial charge is 0.336 e. The van der Waals surface area contributed by atoms with Crippen LogP contribution in [0.3, 0.4) is 0 Å². The second kappa shape index (κ2) is 6.07. The van der Waals surface area contributed by atoms with Gasteiger partial charge in [0.05, 0.1) is 28.9 Å². The average Bonchev–Trinajstić information content (AvgIpc) is 3.10. The number of hydrogen-bond acceptors (Lipinski definition) is 4. The van der Waals surface area contributed by atoms with Crippen LogP contribution in [0.25, 0.3) is 11.0 Å². The van der Waals surface area contributed by atoms with Gasteiger partial charge in [-0.3, -0.25) is 14.2 Å². The summed E-state index contributed by atoms with van der Waals surface area (Å²) in [5.41, 5.74) is 4.02. The summed E-state index contributed by atoms with van der Waals surface area (Å²) in [6, 6.07) is 3.78. The van der Waals surface area contributed by atoms with Crippen molar-refractivity contribution in [3.8, 4) is 0 Å². The number of aryl methyl sites for hydroxylation is 4. The molecule has 0 aliphatic carbocycles. The fourth-order valence-electron chi connectivity index (χ4n) is 3.04. The molecule has 0 aliphatic rings. The molecule has 0 spiro atoms. The van der Waals surface area contributed by atoms with Crippen LogP contribution in [0, 0.1) is 13.8 Å². The normalized spacial score (nSPS) is 11.2. The Morgan fingerprint density at radius 1 is 1.33 bits per heavy atom. The third-order valence-electron chi connectivity index (χ3n) is 4.18. The number of aromatic nitrogens is 5. The van der Waals surface area contributed by atoms with Crippen LogP contribution in [0.15, 0.2) is 18.3 Å². The molecule has 7 nitrogen and oxygen atoms in total. The van der Waals surface area contributed by atoms with Crippen LogP contribution in [0.5, 0.6) is 0 Å². The summed E-state index contributed by atoms with van der Waals surface area (Å²) in [7, 11) is 3.65. The average molecular weight is 326 g/mol. The van der Waals surface area contributed by atoms with Crippen molar-refractivity contribution >= 4 is 16.9 Å². The van der Waals surface area contributed by atoms with Crippen LogP contribution in [-0.2, 0) is 20.1 Å². The van der Waals surface area contributed by atoms with E-state index in [1.165, 1.54) is 0 Å². The van der Waals surface area contributed by atoms with Crippen LogP contribution in [0.1, 0.15) is 34.4 Å². The second-order valence-electron chi connectivity index (χ2n) is 6.02. The third-order valence-corrected chi connectivity index (χ3v) is 4.18. The highest BCUT2D eigenvalue weighted by atomic mass is 16.2. The number of amides is 1. The number of carbonyl (C=O) groups excluding carboxylic acids is 1. The van der Waals surface area contributed by atoms with Crippen molar-refractivity contribution in [1.29, 1.82) is 0 Å².